The summed E-state index contributed by atoms with van der Waals surface area (Å²) >= 11 is 0. The molecule has 0 aromatic rings. The summed E-state index contributed by atoms with van der Waals surface area (Å²) < 4.78 is 5.28. The number of ether oxygens (including phenoxy) is 1. The maximum atomic E-state index is 5.28. The van der Waals surface area contributed by atoms with E-state index in [9.17, 15) is 0 Å². The molecule has 1 fully saturated rings. The van der Waals surface area contributed by atoms with Crippen molar-refractivity contribution >= 4 is 0 Å². The van der Waals surface area contributed by atoms with Crippen LogP contribution in [0.1, 0.15) is 19.8 Å². The van der Waals surface area contributed by atoms with Crippen LogP contribution >= 0.6 is 0 Å². The molecule has 1 saturated heterocycles. The van der Waals surface area contributed by atoms with Crippen molar-refractivity contribution in [1.29, 1.82) is 0 Å². The van der Waals surface area contributed by atoms with Gasteiger partial charge in [0.1, 0.15) is 0 Å². The van der Waals surface area contributed by atoms with Crippen LogP contribution in [0.3, 0.4) is 0 Å². The fraction of sp³-hybridized carbons (Fsp3) is 0.800. The Kier molecular flexibility index (Phi) is 5.04. The van der Waals surface area contributed by atoms with E-state index in [0.717, 1.165) is 38.6 Å². The molecule has 0 aromatic heterocycles. The van der Waals surface area contributed by atoms with E-state index in [1.807, 2.05) is 0 Å². The quantitative estimate of drug-likeness (QED) is 0.498. The highest BCUT2D eigenvalue weighted by molar-refractivity contribution is 4.77. The first-order chi connectivity index (χ1) is 5.93. The van der Waals surface area contributed by atoms with Gasteiger partial charge >= 0.3 is 0 Å². The maximum Gasteiger partial charge on any atom is 0.0507 e. The third-order valence-electron chi connectivity index (χ3n) is 2.18. The molecule has 0 bridgehead atoms. The second-order valence-electron chi connectivity index (χ2n) is 3.29. The van der Waals surface area contributed by atoms with E-state index in [1.54, 1.807) is 0 Å². The van der Waals surface area contributed by atoms with E-state index in [1.165, 1.54) is 6.42 Å². The largest absolute Gasteiger partial charge is 0.381 e. The summed E-state index contributed by atoms with van der Waals surface area (Å²) in [7, 11) is 0. The first-order valence-electron chi connectivity index (χ1n) is 4.83. The van der Waals surface area contributed by atoms with Gasteiger partial charge in [-0.2, -0.15) is 0 Å². The lowest BCUT2D eigenvalue weighted by Crippen LogP contribution is -2.23. The Morgan fingerprint density at radius 3 is 3.17 bits per heavy atom. The average Bonchev–Trinajstić information content (AvgIpc) is 2.57. The van der Waals surface area contributed by atoms with Crippen LogP contribution in [0.25, 0.3) is 0 Å². The molecule has 0 aliphatic carbocycles. The standard InChI is InChI=1S/C10H19NO/c1-2-3-4-6-11-8-10-5-7-12-9-10/h2-3,10-11H,4-9H2,1H3/b3-2+. The average molecular weight is 169 g/mol. The molecule has 0 amide bonds. The summed E-state index contributed by atoms with van der Waals surface area (Å²) in [4.78, 5) is 0. The third kappa shape index (κ3) is 3.88. The summed E-state index contributed by atoms with van der Waals surface area (Å²) in [5, 5.41) is 3.43. The smallest absolute Gasteiger partial charge is 0.0507 e. The molecule has 2 nitrogen and oxygen atoms in total. The van der Waals surface area contributed by atoms with Crippen LogP contribution < -0.4 is 5.32 Å². The molecule has 0 radical (unpaired) electrons. The van der Waals surface area contributed by atoms with Crippen molar-refractivity contribution < 1.29 is 4.74 Å². The molecule has 1 atom stereocenters. The topological polar surface area (TPSA) is 21.3 Å². The number of nitrogens with one attached hydrogen (secondary N) is 1. The van der Waals surface area contributed by atoms with Gasteiger partial charge in [-0.25, -0.2) is 0 Å². The Bertz CT molecular complexity index is 128. The van der Waals surface area contributed by atoms with Crippen molar-refractivity contribution in [2.45, 2.75) is 19.8 Å². The molecular formula is C10H19NO. The lowest BCUT2D eigenvalue weighted by molar-refractivity contribution is 0.185. The van der Waals surface area contributed by atoms with Crippen LogP contribution in [-0.2, 0) is 4.74 Å². The Morgan fingerprint density at radius 1 is 1.58 bits per heavy atom. The predicted octanol–water partition coefficient (Wildman–Crippen LogP) is 1.58. The summed E-state index contributed by atoms with van der Waals surface area (Å²) in [5.41, 5.74) is 0. The first-order valence-corrected chi connectivity index (χ1v) is 4.83. The van der Waals surface area contributed by atoms with Gasteiger partial charge in [-0.15, -0.1) is 0 Å². The van der Waals surface area contributed by atoms with Gasteiger partial charge in [0.25, 0.3) is 0 Å². The molecule has 0 saturated carbocycles. The fourth-order valence-corrected chi connectivity index (χ4v) is 1.40. The third-order valence-corrected chi connectivity index (χ3v) is 2.18. The Balaban J connectivity index is 1.87. The van der Waals surface area contributed by atoms with Crippen LogP contribution in [0.2, 0.25) is 0 Å². The summed E-state index contributed by atoms with van der Waals surface area (Å²) in [6.07, 6.45) is 6.67. The molecular weight excluding hydrogens is 150 g/mol. The molecule has 2 heteroatoms. The summed E-state index contributed by atoms with van der Waals surface area (Å²) in [6.45, 7) is 6.20. The monoisotopic (exact) mass is 169 g/mol. The lowest BCUT2D eigenvalue weighted by atomic mass is 10.1. The highest BCUT2D eigenvalue weighted by Crippen LogP contribution is 2.10. The summed E-state index contributed by atoms with van der Waals surface area (Å²) in [6, 6.07) is 0. The summed E-state index contributed by atoms with van der Waals surface area (Å²) in [5.74, 6) is 0.760. The highest BCUT2D eigenvalue weighted by atomic mass is 16.5. The van der Waals surface area contributed by atoms with Gasteiger partial charge in [-0.1, -0.05) is 12.2 Å². The second kappa shape index (κ2) is 6.21. The van der Waals surface area contributed by atoms with Crippen molar-refractivity contribution in [3.05, 3.63) is 12.2 Å². The highest BCUT2D eigenvalue weighted by Gasteiger charge is 2.13. The van der Waals surface area contributed by atoms with Gasteiger partial charge in [-0.3, -0.25) is 0 Å². The Morgan fingerprint density at radius 2 is 2.50 bits per heavy atom. The van der Waals surface area contributed by atoms with E-state index in [4.69, 9.17) is 4.74 Å². The maximum absolute atomic E-state index is 5.28. The van der Waals surface area contributed by atoms with Crippen molar-refractivity contribution in [2.75, 3.05) is 26.3 Å². The second-order valence-corrected chi connectivity index (χ2v) is 3.29. The number of hydrogen-bond acceptors (Lipinski definition) is 2. The normalized spacial score (nSPS) is 23.9. The van der Waals surface area contributed by atoms with Crippen molar-refractivity contribution in [1.82, 2.24) is 5.32 Å². The minimum Gasteiger partial charge on any atom is -0.381 e. The fourth-order valence-electron chi connectivity index (χ4n) is 1.40. The number of allylic oxidation sites excluding steroid dienone is 1. The van der Waals surface area contributed by atoms with Gasteiger partial charge in [0, 0.05) is 13.2 Å². The number of hydrogen-bond donors (Lipinski definition) is 1. The van der Waals surface area contributed by atoms with Gasteiger partial charge in [0.05, 0.1) is 6.61 Å². The van der Waals surface area contributed by atoms with Crippen molar-refractivity contribution in [3.63, 3.8) is 0 Å². The first kappa shape index (κ1) is 9.75. The van der Waals surface area contributed by atoms with Gasteiger partial charge in [-0.05, 0) is 32.2 Å². The van der Waals surface area contributed by atoms with Crippen LogP contribution in [0, 0.1) is 5.92 Å². The lowest BCUT2D eigenvalue weighted by Gasteiger charge is -2.07. The number of rotatable bonds is 5. The van der Waals surface area contributed by atoms with Crippen LogP contribution in [0.5, 0.6) is 0 Å². The molecule has 0 spiro atoms. The van der Waals surface area contributed by atoms with E-state index in [2.05, 4.69) is 24.4 Å². The minimum absolute atomic E-state index is 0.760. The molecule has 1 heterocycles. The van der Waals surface area contributed by atoms with Gasteiger partial charge in [0.2, 0.25) is 0 Å². The molecule has 1 aliphatic heterocycles. The zero-order valence-electron chi connectivity index (χ0n) is 7.88. The zero-order chi connectivity index (χ0) is 8.65. The molecule has 1 aliphatic rings. The Labute approximate surface area is 75.0 Å². The van der Waals surface area contributed by atoms with E-state index in [0.29, 0.717) is 0 Å². The SMILES string of the molecule is C/C=C/CCNCC1CCOC1. The van der Waals surface area contributed by atoms with E-state index >= 15 is 0 Å². The van der Waals surface area contributed by atoms with Crippen molar-refractivity contribution in [2.24, 2.45) is 5.92 Å². The van der Waals surface area contributed by atoms with Crippen molar-refractivity contribution in [3.8, 4) is 0 Å². The van der Waals surface area contributed by atoms with Gasteiger partial charge < -0.3 is 10.1 Å². The zero-order valence-corrected chi connectivity index (χ0v) is 7.88. The van der Waals surface area contributed by atoms with Crippen LogP contribution in [-0.4, -0.2) is 26.3 Å². The minimum atomic E-state index is 0.760. The predicted molar refractivity (Wildman–Crippen MR) is 51.2 cm³/mol. The van der Waals surface area contributed by atoms with Crippen LogP contribution in [0.15, 0.2) is 12.2 Å². The molecule has 70 valence electrons. The molecule has 0 aromatic carbocycles. The van der Waals surface area contributed by atoms with E-state index < -0.39 is 0 Å². The van der Waals surface area contributed by atoms with E-state index in [-0.39, 0.29) is 0 Å². The molecule has 1 unspecified atom stereocenters. The molecule has 1 rings (SSSR count). The Hall–Kier alpha value is -0.340. The van der Waals surface area contributed by atoms with Crippen LogP contribution in [0.4, 0.5) is 0 Å². The molecule has 12 heavy (non-hydrogen) atoms. The van der Waals surface area contributed by atoms with Gasteiger partial charge in [0.15, 0.2) is 0 Å². The molecule has 1 N–H and O–H groups in total.